The van der Waals surface area contributed by atoms with Crippen molar-refractivity contribution in [1.82, 2.24) is 9.55 Å². The molecule has 0 unspecified atom stereocenters. The third-order valence-corrected chi connectivity index (χ3v) is 7.10. The molecule has 1 aromatic heterocycles. The van der Waals surface area contributed by atoms with Crippen molar-refractivity contribution in [2.75, 3.05) is 12.0 Å². The second kappa shape index (κ2) is 9.15. The number of hydrogen-bond donors (Lipinski definition) is 0. The summed E-state index contributed by atoms with van der Waals surface area (Å²) in [7, 11) is 1.74. The maximum Gasteiger partial charge on any atom is 0.227 e. The second-order valence-electron chi connectivity index (χ2n) is 9.06. The Morgan fingerprint density at radius 3 is 2.56 bits per heavy atom. The molecule has 1 saturated carbocycles. The van der Waals surface area contributed by atoms with E-state index >= 15 is 0 Å². The van der Waals surface area contributed by atoms with Gasteiger partial charge in [0.2, 0.25) is 5.91 Å². The van der Waals surface area contributed by atoms with Crippen molar-refractivity contribution in [1.29, 1.82) is 0 Å². The molecule has 0 spiro atoms. The van der Waals surface area contributed by atoms with Crippen molar-refractivity contribution in [2.45, 2.75) is 63.1 Å². The van der Waals surface area contributed by atoms with Gasteiger partial charge in [-0.3, -0.25) is 4.79 Å². The highest BCUT2D eigenvalue weighted by molar-refractivity contribution is 5.95. The number of imidazole rings is 1. The van der Waals surface area contributed by atoms with E-state index in [0.29, 0.717) is 36.2 Å². The van der Waals surface area contributed by atoms with Crippen LogP contribution in [0.2, 0.25) is 0 Å². The molecule has 1 aliphatic heterocycles. The molecule has 2 heterocycles. The summed E-state index contributed by atoms with van der Waals surface area (Å²) < 4.78 is 35.5. The molecule has 1 aliphatic carbocycles. The van der Waals surface area contributed by atoms with Gasteiger partial charge in [0.05, 0.1) is 29.8 Å². The molecule has 1 atom stereocenters. The lowest BCUT2D eigenvalue weighted by Gasteiger charge is -2.37. The van der Waals surface area contributed by atoms with Crippen LogP contribution in [-0.2, 0) is 9.53 Å². The fourth-order valence-corrected chi connectivity index (χ4v) is 5.41. The molecule has 2 aromatic carbocycles. The number of ether oxygens (including phenoxy) is 1. The smallest absolute Gasteiger partial charge is 0.227 e. The first kappa shape index (κ1) is 22.5. The number of piperidine rings is 1. The highest BCUT2D eigenvalue weighted by Gasteiger charge is 2.36. The fourth-order valence-electron chi connectivity index (χ4n) is 5.41. The Morgan fingerprint density at radius 2 is 1.85 bits per heavy atom. The van der Waals surface area contributed by atoms with Crippen LogP contribution in [0.4, 0.5) is 20.2 Å². The van der Waals surface area contributed by atoms with Crippen molar-refractivity contribution < 1.29 is 18.3 Å². The van der Waals surface area contributed by atoms with Gasteiger partial charge in [0.15, 0.2) is 17.3 Å². The summed E-state index contributed by atoms with van der Waals surface area (Å²) in [6, 6.07) is 8.84. The molecular weight excluding hydrogens is 438 g/mol. The topological polar surface area (TPSA) is 51.7 Å². The number of benzene rings is 2. The van der Waals surface area contributed by atoms with Crippen LogP contribution >= 0.6 is 0 Å². The standard InChI is InChI=1S/C26H26F2N4O2/c1-29-16-6-13-23-22(14-16)30-26(32(23)17-7-10-19(34-2)11-8-17)24-4-3-5-25(33)31(24)18-9-12-20(27)21(28)15-18/h6,9,12-15,17,19,24H,3-5,7-8,10-11H2,2H3/t17?,19?,24-/m0/s1. The minimum absolute atomic E-state index is 0.134. The number of halogens is 2. The quantitative estimate of drug-likeness (QED) is 0.429. The van der Waals surface area contributed by atoms with Crippen LogP contribution in [0.1, 0.15) is 62.9 Å². The Bertz CT molecular complexity index is 1270. The Labute approximate surface area is 197 Å². The van der Waals surface area contributed by atoms with Crippen LogP contribution in [-0.4, -0.2) is 28.7 Å². The van der Waals surface area contributed by atoms with Crippen LogP contribution in [0.5, 0.6) is 0 Å². The summed E-state index contributed by atoms with van der Waals surface area (Å²) in [5.74, 6) is -1.33. The first-order chi connectivity index (χ1) is 16.5. The number of carbonyl (C=O) groups is 1. The molecule has 176 valence electrons. The molecular formula is C26H26F2N4O2. The molecule has 34 heavy (non-hydrogen) atoms. The van der Waals surface area contributed by atoms with E-state index in [1.165, 1.54) is 6.07 Å². The average Bonchev–Trinajstić information content (AvgIpc) is 3.24. The lowest BCUT2D eigenvalue weighted by atomic mass is 9.92. The van der Waals surface area contributed by atoms with E-state index < -0.39 is 17.7 Å². The molecule has 1 saturated heterocycles. The molecule has 0 N–H and O–H groups in total. The van der Waals surface area contributed by atoms with Gasteiger partial charge in [-0.25, -0.2) is 18.6 Å². The molecule has 1 amide bonds. The Hall–Kier alpha value is -3.31. The number of fused-ring (bicyclic) bond motifs is 1. The van der Waals surface area contributed by atoms with E-state index in [-0.39, 0.29) is 18.1 Å². The molecule has 2 fully saturated rings. The summed E-state index contributed by atoms with van der Waals surface area (Å²) in [6.07, 6.45) is 5.61. The van der Waals surface area contributed by atoms with Crippen molar-refractivity contribution in [3.63, 3.8) is 0 Å². The predicted molar refractivity (Wildman–Crippen MR) is 125 cm³/mol. The van der Waals surface area contributed by atoms with Crippen molar-refractivity contribution in [2.24, 2.45) is 0 Å². The van der Waals surface area contributed by atoms with Crippen molar-refractivity contribution >= 4 is 28.3 Å². The largest absolute Gasteiger partial charge is 0.381 e. The van der Waals surface area contributed by atoms with Crippen LogP contribution in [0.25, 0.3) is 15.9 Å². The molecule has 0 radical (unpaired) electrons. The summed E-state index contributed by atoms with van der Waals surface area (Å²) in [4.78, 5) is 23.1. The molecule has 3 aromatic rings. The van der Waals surface area contributed by atoms with E-state index in [1.807, 2.05) is 6.07 Å². The first-order valence-corrected chi connectivity index (χ1v) is 11.7. The number of amides is 1. The molecule has 8 heteroatoms. The SMILES string of the molecule is [C-]#[N+]c1ccc2c(c1)nc([C@@H]1CCCC(=O)N1c1ccc(F)c(F)c1)n2C1CCC(OC)CC1. The zero-order valence-electron chi connectivity index (χ0n) is 19.0. The van der Waals surface area contributed by atoms with Gasteiger partial charge in [0.1, 0.15) is 5.82 Å². The van der Waals surface area contributed by atoms with Gasteiger partial charge in [-0.05, 0) is 62.8 Å². The van der Waals surface area contributed by atoms with Gasteiger partial charge >= 0.3 is 0 Å². The first-order valence-electron chi connectivity index (χ1n) is 11.7. The van der Waals surface area contributed by atoms with Crippen molar-refractivity contribution in [3.05, 3.63) is 65.3 Å². The number of nitrogens with zero attached hydrogens (tertiary/aromatic N) is 4. The second-order valence-corrected chi connectivity index (χ2v) is 9.06. The summed E-state index contributed by atoms with van der Waals surface area (Å²) in [5, 5.41) is 0. The Balaban J connectivity index is 1.64. The van der Waals surface area contributed by atoms with Gasteiger partial charge in [0, 0.05) is 31.3 Å². The van der Waals surface area contributed by atoms with E-state index in [1.54, 1.807) is 24.1 Å². The zero-order chi connectivity index (χ0) is 23.8. The third-order valence-electron chi connectivity index (χ3n) is 7.10. The highest BCUT2D eigenvalue weighted by atomic mass is 19.2. The van der Waals surface area contributed by atoms with Crippen LogP contribution < -0.4 is 4.90 Å². The molecule has 6 nitrogen and oxygen atoms in total. The van der Waals surface area contributed by atoms with Gasteiger partial charge in [-0.15, -0.1) is 0 Å². The number of carbonyl (C=O) groups excluding carboxylic acids is 1. The molecule has 0 bridgehead atoms. The monoisotopic (exact) mass is 464 g/mol. The summed E-state index contributed by atoms with van der Waals surface area (Å²) in [5.41, 5.74) is 2.47. The lowest BCUT2D eigenvalue weighted by Crippen LogP contribution is -2.40. The fraction of sp³-hybridized carbons (Fsp3) is 0.423. The maximum absolute atomic E-state index is 14.1. The van der Waals surface area contributed by atoms with Gasteiger partial charge in [0.25, 0.3) is 0 Å². The minimum atomic E-state index is -0.984. The van der Waals surface area contributed by atoms with Gasteiger partial charge < -0.3 is 14.2 Å². The third kappa shape index (κ3) is 3.94. The molecule has 5 rings (SSSR count). The maximum atomic E-state index is 14.1. The van der Waals surface area contributed by atoms with E-state index in [9.17, 15) is 13.6 Å². The normalized spacial score (nSPS) is 23.3. The van der Waals surface area contributed by atoms with Crippen LogP contribution in [0, 0.1) is 18.2 Å². The minimum Gasteiger partial charge on any atom is -0.381 e. The number of rotatable bonds is 4. The van der Waals surface area contributed by atoms with Crippen molar-refractivity contribution in [3.8, 4) is 0 Å². The number of hydrogen-bond acceptors (Lipinski definition) is 3. The van der Waals surface area contributed by atoms with Crippen LogP contribution in [0.3, 0.4) is 0 Å². The predicted octanol–water partition coefficient (Wildman–Crippen LogP) is 6.25. The number of anilines is 1. The average molecular weight is 465 g/mol. The Morgan fingerprint density at radius 1 is 1.06 bits per heavy atom. The van der Waals surface area contributed by atoms with Gasteiger partial charge in [-0.2, -0.15) is 0 Å². The molecule has 2 aliphatic rings. The lowest BCUT2D eigenvalue weighted by molar-refractivity contribution is -0.120. The van der Waals surface area contributed by atoms with E-state index in [4.69, 9.17) is 16.3 Å². The highest BCUT2D eigenvalue weighted by Crippen LogP contribution is 2.41. The summed E-state index contributed by atoms with van der Waals surface area (Å²) in [6.45, 7) is 7.38. The van der Waals surface area contributed by atoms with E-state index in [0.717, 1.165) is 49.2 Å². The van der Waals surface area contributed by atoms with E-state index in [2.05, 4.69) is 9.41 Å². The Kier molecular flexibility index (Phi) is 6.05. The van der Waals surface area contributed by atoms with Gasteiger partial charge in [-0.1, -0.05) is 6.07 Å². The zero-order valence-corrected chi connectivity index (χ0v) is 19.0. The van der Waals surface area contributed by atoms with Crippen LogP contribution in [0.15, 0.2) is 36.4 Å². The number of methoxy groups -OCH3 is 1. The summed E-state index contributed by atoms with van der Waals surface area (Å²) >= 11 is 0. The number of aromatic nitrogens is 2.